The van der Waals surface area contributed by atoms with Crippen molar-refractivity contribution in [2.45, 2.75) is 25.7 Å². The minimum atomic E-state index is -0.828. The number of hydrogen-bond donors (Lipinski definition) is 3. The van der Waals surface area contributed by atoms with Crippen molar-refractivity contribution in [3.8, 4) is 17.0 Å². The van der Waals surface area contributed by atoms with E-state index in [1.807, 2.05) is 30.3 Å². The Morgan fingerprint density at radius 1 is 1.07 bits per heavy atom. The Kier molecular flexibility index (Phi) is 5.72. The van der Waals surface area contributed by atoms with Gasteiger partial charge in [-0.25, -0.2) is 0 Å². The summed E-state index contributed by atoms with van der Waals surface area (Å²) in [5, 5.41) is 12.5. The van der Waals surface area contributed by atoms with E-state index < -0.39 is 5.97 Å². The number of nitrogens with one attached hydrogen (secondary N) is 1. The summed E-state index contributed by atoms with van der Waals surface area (Å²) >= 11 is 0. The maximum atomic E-state index is 11.2. The van der Waals surface area contributed by atoms with Crippen LogP contribution in [0.15, 0.2) is 54.6 Å². The van der Waals surface area contributed by atoms with Crippen molar-refractivity contribution >= 4 is 27.6 Å². The van der Waals surface area contributed by atoms with Gasteiger partial charge in [0.1, 0.15) is 5.75 Å². The van der Waals surface area contributed by atoms with Gasteiger partial charge in [-0.2, -0.15) is 0 Å². The van der Waals surface area contributed by atoms with E-state index in [0.29, 0.717) is 6.54 Å². The molecule has 0 spiro atoms. The standard InChI is InChI=1S/C25H26N2O3/c1-30-25-18-7-3-2-6-17(18)10-11-20(25)24-19(8-4-5-13-26)21-14-16(15-23(28)29)9-12-22(21)27-24/h2-3,6-7,9-12,14,27H,4-5,8,13,15,26H2,1H3,(H,28,29). The van der Waals surface area contributed by atoms with Crippen LogP contribution in [0.4, 0.5) is 0 Å². The van der Waals surface area contributed by atoms with Gasteiger partial charge < -0.3 is 20.6 Å². The third-order valence-electron chi connectivity index (χ3n) is 5.56. The smallest absolute Gasteiger partial charge is 0.307 e. The molecule has 4 aromatic rings. The molecule has 5 nitrogen and oxygen atoms in total. The van der Waals surface area contributed by atoms with E-state index in [9.17, 15) is 9.90 Å². The number of unbranched alkanes of at least 4 members (excludes halogenated alkanes) is 1. The minimum Gasteiger partial charge on any atom is -0.495 e. The van der Waals surface area contributed by atoms with Gasteiger partial charge in [-0.05, 0) is 60.5 Å². The molecule has 0 aliphatic heterocycles. The van der Waals surface area contributed by atoms with Gasteiger partial charge in [0.15, 0.2) is 0 Å². The molecule has 154 valence electrons. The van der Waals surface area contributed by atoms with Gasteiger partial charge in [-0.3, -0.25) is 4.79 Å². The fraction of sp³-hybridized carbons (Fsp3) is 0.240. The van der Waals surface area contributed by atoms with E-state index in [4.69, 9.17) is 10.5 Å². The monoisotopic (exact) mass is 402 g/mol. The number of carbonyl (C=O) groups is 1. The van der Waals surface area contributed by atoms with Crippen molar-refractivity contribution in [1.29, 1.82) is 0 Å². The zero-order valence-corrected chi connectivity index (χ0v) is 17.1. The van der Waals surface area contributed by atoms with Crippen LogP contribution in [-0.2, 0) is 17.6 Å². The topological polar surface area (TPSA) is 88.3 Å². The van der Waals surface area contributed by atoms with Crippen molar-refractivity contribution in [3.63, 3.8) is 0 Å². The number of carboxylic acid groups (broad SMARTS) is 1. The van der Waals surface area contributed by atoms with Crippen LogP contribution in [0.5, 0.6) is 5.75 Å². The fourth-order valence-electron chi connectivity index (χ4n) is 4.17. The molecule has 1 heterocycles. The van der Waals surface area contributed by atoms with Gasteiger partial charge in [-0.15, -0.1) is 0 Å². The van der Waals surface area contributed by atoms with Gasteiger partial charge in [0.05, 0.1) is 19.2 Å². The maximum absolute atomic E-state index is 11.2. The van der Waals surface area contributed by atoms with Crippen LogP contribution in [0.3, 0.4) is 0 Å². The number of benzene rings is 3. The number of methoxy groups -OCH3 is 1. The minimum absolute atomic E-state index is 0.0119. The number of rotatable bonds is 8. The SMILES string of the molecule is COc1c(-c2[nH]c3ccc(CC(=O)O)cc3c2CCCCN)ccc2ccccc12. The molecule has 0 amide bonds. The number of aryl methyl sites for hydroxylation is 1. The van der Waals surface area contributed by atoms with Gasteiger partial charge in [-0.1, -0.05) is 36.4 Å². The second-order valence-electron chi connectivity index (χ2n) is 7.54. The summed E-state index contributed by atoms with van der Waals surface area (Å²) in [6.07, 6.45) is 2.78. The number of aromatic amines is 1. The second-order valence-corrected chi connectivity index (χ2v) is 7.54. The Morgan fingerprint density at radius 2 is 1.90 bits per heavy atom. The number of aromatic nitrogens is 1. The summed E-state index contributed by atoms with van der Waals surface area (Å²) in [6, 6.07) is 18.2. The number of nitrogens with two attached hydrogens (primary N) is 1. The Labute approximate surface area is 175 Å². The summed E-state index contributed by atoms with van der Waals surface area (Å²) in [4.78, 5) is 14.8. The van der Waals surface area contributed by atoms with Crippen molar-refractivity contribution in [3.05, 3.63) is 65.7 Å². The molecule has 0 radical (unpaired) electrons. The molecule has 0 saturated carbocycles. The summed E-state index contributed by atoms with van der Waals surface area (Å²) < 4.78 is 5.85. The number of ether oxygens (including phenoxy) is 1. The molecular formula is C25H26N2O3. The lowest BCUT2D eigenvalue weighted by molar-refractivity contribution is -0.136. The number of fused-ring (bicyclic) bond motifs is 2. The number of H-pyrrole nitrogens is 1. The summed E-state index contributed by atoms with van der Waals surface area (Å²) in [5.41, 5.74) is 10.7. The first-order valence-corrected chi connectivity index (χ1v) is 10.2. The van der Waals surface area contributed by atoms with Crippen LogP contribution in [0, 0.1) is 0 Å². The van der Waals surface area contributed by atoms with Gasteiger partial charge in [0.2, 0.25) is 0 Å². The average molecular weight is 402 g/mol. The van der Waals surface area contributed by atoms with E-state index in [0.717, 1.165) is 63.5 Å². The van der Waals surface area contributed by atoms with Crippen LogP contribution in [-0.4, -0.2) is 29.7 Å². The molecule has 0 aliphatic carbocycles. The van der Waals surface area contributed by atoms with E-state index in [1.54, 1.807) is 7.11 Å². The quantitative estimate of drug-likeness (QED) is 0.366. The van der Waals surface area contributed by atoms with Crippen molar-refractivity contribution in [2.75, 3.05) is 13.7 Å². The lowest BCUT2D eigenvalue weighted by Gasteiger charge is -2.13. The first kappa shape index (κ1) is 20.0. The van der Waals surface area contributed by atoms with Gasteiger partial charge in [0, 0.05) is 21.9 Å². The molecule has 1 aromatic heterocycles. The highest BCUT2D eigenvalue weighted by Crippen LogP contribution is 2.40. The maximum Gasteiger partial charge on any atom is 0.307 e. The molecule has 0 saturated heterocycles. The van der Waals surface area contributed by atoms with Crippen LogP contribution >= 0.6 is 0 Å². The van der Waals surface area contributed by atoms with Crippen LogP contribution in [0.1, 0.15) is 24.0 Å². The summed E-state index contributed by atoms with van der Waals surface area (Å²) in [5.74, 6) is 0.0106. The van der Waals surface area contributed by atoms with Crippen LogP contribution in [0.2, 0.25) is 0 Å². The zero-order valence-electron chi connectivity index (χ0n) is 17.1. The highest BCUT2D eigenvalue weighted by Gasteiger charge is 2.18. The largest absolute Gasteiger partial charge is 0.495 e. The highest BCUT2D eigenvalue weighted by molar-refractivity contribution is 5.98. The molecule has 0 unspecified atom stereocenters. The predicted octanol–water partition coefficient (Wildman–Crippen LogP) is 4.91. The molecule has 0 fully saturated rings. The first-order chi connectivity index (χ1) is 14.6. The van der Waals surface area contributed by atoms with E-state index in [2.05, 4.69) is 29.2 Å². The van der Waals surface area contributed by atoms with Crippen LogP contribution in [0.25, 0.3) is 32.9 Å². The van der Waals surface area contributed by atoms with Crippen molar-refractivity contribution < 1.29 is 14.6 Å². The number of aliphatic carboxylic acids is 1. The molecule has 30 heavy (non-hydrogen) atoms. The lowest BCUT2D eigenvalue weighted by Crippen LogP contribution is -2.00. The van der Waals surface area contributed by atoms with Crippen molar-refractivity contribution in [1.82, 2.24) is 4.98 Å². The average Bonchev–Trinajstić information content (AvgIpc) is 3.10. The Bertz CT molecular complexity index is 1210. The molecule has 3 aromatic carbocycles. The predicted molar refractivity (Wildman–Crippen MR) is 121 cm³/mol. The fourth-order valence-corrected chi connectivity index (χ4v) is 4.17. The third-order valence-corrected chi connectivity index (χ3v) is 5.56. The van der Waals surface area contributed by atoms with E-state index in [-0.39, 0.29) is 6.42 Å². The summed E-state index contributed by atoms with van der Waals surface area (Å²) in [7, 11) is 1.70. The molecule has 0 atom stereocenters. The van der Waals surface area contributed by atoms with Crippen LogP contribution < -0.4 is 10.5 Å². The molecule has 0 aliphatic rings. The molecule has 0 bridgehead atoms. The Hall–Kier alpha value is -3.31. The van der Waals surface area contributed by atoms with Gasteiger partial charge in [0.25, 0.3) is 0 Å². The summed E-state index contributed by atoms with van der Waals surface area (Å²) in [6.45, 7) is 0.654. The zero-order chi connectivity index (χ0) is 21.1. The lowest BCUT2D eigenvalue weighted by atomic mass is 9.96. The normalized spacial score (nSPS) is 11.3. The molecule has 5 heteroatoms. The van der Waals surface area contributed by atoms with E-state index >= 15 is 0 Å². The second kappa shape index (κ2) is 8.59. The van der Waals surface area contributed by atoms with Gasteiger partial charge >= 0.3 is 5.97 Å². The molecular weight excluding hydrogens is 376 g/mol. The Morgan fingerprint density at radius 3 is 2.67 bits per heavy atom. The third kappa shape index (κ3) is 3.76. The molecule has 4 N–H and O–H groups in total. The molecule has 4 rings (SSSR count). The number of hydrogen-bond acceptors (Lipinski definition) is 3. The van der Waals surface area contributed by atoms with Crippen molar-refractivity contribution in [2.24, 2.45) is 5.73 Å². The van der Waals surface area contributed by atoms with E-state index in [1.165, 1.54) is 5.56 Å². The Balaban J connectivity index is 1.92. The first-order valence-electron chi connectivity index (χ1n) is 10.2. The highest BCUT2D eigenvalue weighted by atomic mass is 16.5. The number of carboxylic acids is 1.